The Labute approximate surface area is 85.7 Å². The first-order valence-electron chi connectivity index (χ1n) is 4.00. The lowest BCUT2D eigenvalue weighted by atomic mass is 9.97. The molecule has 16 heavy (non-hydrogen) atoms. The second kappa shape index (κ2) is 3.95. The van der Waals surface area contributed by atoms with Crippen LogP contribution < -0.4 is 0 Å². The first-order valence-corrected chi connectivity index (χ1v) is 4.00. The van der Waals surface area contributed by atoms with Crippen molar-refractivity contribution in [3.63, 3.8) is 0 Å². The van der Waals surface area contributed by atoms with Crippen LogP contribution in [0.4, 0.5) is 30.7 Å². The van der Waals surface area contributed by atoms with E-state index in [0.717, 1.165) is 0 Å². The summed E-state index contributed by atoms with van der Waals surface area (Å²) < 4.78 is 89.1. The molecule has 1 aromatic rings. The SMILES string of the molecule is CC(F)(CF)c1c(F)c(F)c(F)c(F)c1F. The average molecular weight is 246 g/mol. The van der Waals surface area contributed by atoms with Crippen LogP contribution in [0.2, 0.25) is 0 Å². The second-order valence-corrected chi connectivity index (χ2v) is 3.28. The molecule has 1 unspecified atom stereocenters. The third-order valence-electron chi connectivity index (χ3n) is 1.98. The molecular weight excluding hydrogens is 241 g/mol. The summed E-state index contributed by atoms with van der Waals surface area (Å²) in [7, 11) is 0. The molecule has 7 heteroatoms. The summed E-state index contributed by atoms with van der Waals surface area (Å²) in [6.45, 7) is -1.53. The van der Waals surface area contributed by atoms with Crippen molar-refractivity contribution in [2.75, 3.05) is 6.67 Å². The first-order chi connectivity index (χ1) is 7.24. The molecule has 0 bridgehead atoms. The fraction of sp³-hybridized carbons (Fsp3) is 0.333. The lowest BCUT2D eigenvalue weighted by Crippen LogP contribution is -2.24. The smallest absolute Gasteiger partial charge is 0.200 e. The fourth-order valence-electron chi connectivity index (χ4n) is 1.13. The molecule has 1 atom stereocenters. The summed E-state index contributed by atoms with van der Waals surface area (Å²) in [5.74, 6) is -11.7. The van der Waals surface area contributed by atoms with Crippen molar-refractivity contribution < 1.29 is 30.7 Å². The van der Waals surface area contributed by atoms with Gasteiger partial charge in [-0.15, -0.1) is 0 Å². The van der Waals surface area contributed by atoms with E-state index in [0.29, 0.717) is 6.92 Å². The van der Waals surface area contributed by atoms with Gasteiger partial charge in [0, 0.05) is 0 Å². The molecule has 0 saturated heterocycles. The van der Waals surface area contributed by atoms with E-state index in [1.807, 2.05) is 0 Å². The Bertz CT molecular complexity index is 395. The molecule has 0 spiro atoms. The normalized spacial score (nSPS) is 15.0. The third-order valence-corrected chi connectivity index (χ3v) is 1.98. The highest BCUT2D eigenvalue weighted by Gasteiger charge is 2.38. The Kier molecular flexibility index (Phi) is 3.16. The molecule has 0 saturated carbocycles. The van der Waals surface area contributed by atoms with Gasteiger partial charge in [-0.1, -0.05) is 0 Å². The molecule has 90 valence electrons. The van der Waals surface area contributed by atoms with Crippen LogP contribution in [0.3, 0.4) is 0 Å². The van der Waals surface area contributed by atoms with Gasteiger partial charge in [0.25, 0.3) is 0 Å². The zero-order chi connectivity index (χ0) is 12.7. The van der Waals surface area contributed by atoms with Crippen molar-refractivity contribution >= 4 is 0 Å². The summed E-state index contributed by atoms with van der Waals surface area (Å²) in [6, 6.07) is 0. The zero-order valence-electron chi connectivity index (χ0n) is 7.85. The van der Waals surface area contributed by atoms with Crippen molar-refractivity contribution in [1.29, 1.82) is 0 Å². The van der Waals surface area contributed by atoms with Crippen LogP contribution in [0.5, 0.6) is 0 Å². The molecule has 0 aliphatic heterocycles. The lowest BCUT2D eigenvalue weighted by Gasteiger charge is -2.18. The van der Waals surface area contributed by atoms with E-state index in [1.165, 1.54) is 0 Å². The van der Waals surface area contributed by atoms with E-state index in [2.05, 4.69) is 0 Å². The van der Waals surface area contributed by atoms with Crippen LogP contribution in [0.1, 0.15) is 12.5 Å². The van der Waals surface area contributed by atoms with Crippen LogP contribution in [-0.4, -0.2) is 6.67 Å². The molecule has 1 rings (SSSR count). The minimum atomic E-state index is -3.27. The fourth-order valence-corrected chi connectivity index (χ4v) is 1.13. The Morgan fingerprint density at radius 2 is 1.12 bits per heavy atom. The van der Waals surface area contributed by atoms with E-state index < -0.39 is 47.0 Å². The predicted molar refractivity (Wildman–Crippen MR) is 40.7 cm³/mol. The van der Waals surface area contributed by atoms with Crippen LogP contribution in [0.15, 0.2) is 0 Å². The Balaban J connectivity index is 3.65. The maximum absolute atomic E-state index is 13.3. The second-order valence-electron chi connectivity index (χ2n) is 3.28. The summed E-state index contributed by atoms with van der Waals surface area (Å²) in [4.78, 5) is 0. The highest BCUT2D eigenvalue weighted by molar-refractivity contribution is 5.29. The minimum absolute atomic E-state index is 0.380. The van der Waals surface area contributed by atoms with Gasteiger partial charge in [-0.2, -0.15) is 0 Å². The molecule has 0 radical (unpaired) electrons. The summed E-state index contributed by atoms with van der Waals surface area (Å²) in [5, 5.41) is 0. The Morgan fingerprint density at radius 3 is 1.44 bits per heavy atom. The first kappa shape index (κ1) is 12.8. The van der Waals surface area contributed by atoms with E-state index in [4.69, 9.17) is 0 Å². The number of rotatable bonds is 2. The topological polar surface area (TPSA) is 0 Å². The Hall–Kier alpha value is -1.27. The Morgan fingerprint density at radius 1 is 0.812 bits per heavy atom. The number of hydrogen-bond donors (Lipinski definition) is 0. The zero-order valence-corrected chi connectivity index (χ0v) is 7.85. The van der Waals surface area contributed by atoms with Gasteiger partial charge in [-0.25, -0.2) is 30.7 Å². The largest absolute Gasteiger partial charge is 0.247 e. The van der Waals surface area contributed by atoms with Crippen molar-refractivity contribution in [2.45, 2.75) is 12.6 Å². The van der Waals surface area contributed by atoms with Crippen LogP contribution >= 0.6 is 0 Å². The molecular formula is C9H5F7. The van der Waals surface area contributed by atoms with Gasteiger partial charge in [0.15, 0.2) is 28.9 Å². The van der Waals surface area contributed by atoms with Gasteiger partial charge in [-0.3, -0.25) is 0 Å². The van der Waals surface area contributed by atoms with E-state index >= 15 is 0 Å². The van der Waals surface area contributed by atoms with Gasteiger partial charge in [0.1, 0.15) is 6.67 Å². The minimum Gasteiger partial charge on any atom is -0.247 e. The van der Waals surface area contributed by atoms with Crippen molar-refractivity contribution in [1.82, 2.24) is 0 Å². The monoisotopic (exact) mass is 246 g/mol. The molecule has 0 aliphatic rings. The maximum atomic E-state index is 13.3. The number of halogens is 7. The molecule has 0 fully saturated rings. The summed E-state index contributed by atoms with van der Waals surface area (Å²) >= 11 is 0. The van der Waals surface area contributed by atoms with Gasteiger partial charge in [0.2, 0.25) is 5.82 Å². The number of benzene rings is 1. The molecule has 0 amide bonds. The highest BCUT2D eigenvalue weighted by atomic mass is 19.2. The van der Waals surface area contributed by atoms with Crippen LogP contribution in [0.25, 0.3) is 0 Å². The third kappa shape index (κ3) is 1.74. The van der Waals surface area contributed by atoms with E-state index in [9.17, 15) is 30.7 Å². The van der Waals surface area contributed by atoms with Gasteiger partial charge in [-0.05, 0) is 6.92 Å². The van der Waals surface area contributed by atoms with Gasteiger partial charge < -0.3 is 0 Å². The van der Waals surface area contributed by atoms with Crippen molar-refractivity contribution in [2.24, 2.45) is 0 Å². The summed E-state index contributed by atoms with van der Waals surface area (Å²) in [5.41, 5.74) is -5.07. The molecule has 0 aliphatic carbocycles. The van der Waals surface area contributed by atoms with Crippen molar-refractivity contribution in [3.8, 4) is 0 Å². The van der Waals surface area contributed by atoms with Crippen molar-refractivity contribution in [3.05, 3.63) is 34.6 Å². The highest BCUT2D eigenvalue weighted by Crippen LogP contribution is 2.34. The molecule has 0 aromatic heterocycles. The molecule has 0 N–H and O–H groups in total. The lowest BCUT2D eigenvalue weighted by molar-refractivity contribution is 0.128. The van der Waals surface area contributed by atoms with E-state index in [1.54, 1.807) is 0 Å². The van der Waals surface area contributed by atoms with Crippen LogP contribution in [0, 0.1) is 29.1 Å². The van der Waals surface area contributed by atoms with Crippen LogP contribution in [-0.2, 0) is 5.67 Å². The summed E-state index contributed by atoms with van der Waals surface area (Å²) in [6.07, 6.45) is 0. The average Bonchev–Trinajstić information content (AvgIpc) is 2.23. The molecule has 1 aromatic carbocycles. The standard InChI is InChI=1S/C9H5F7/c1-9(16,2-10)3-4(11)6(13)8(15)7(14)5(3)12/h2H2,1H3. The predicted octanol–water partition coefficient (Wildman–Crippen LogP) is 3.54. The quantitative estimate of drug-likeness (QED) is 0.425. The van der Waals surface area contributed by atoms with E-state index in [-0.39, 0.29) is 0 Å². The number of alkyl halides is 2. The maximum Gasteiger partial charge on any atom is 0.200 e. The van der Waals surface area contributed by atoms with Gasteiger partial charge in [0.05, 0.1) is 5.56 Å². The van der Waals surface area contributed by atoms with Gasteiger partial charge >= 0.3 is 0 Å². The molecule has 0 nitrogen and oxygen atoms in total. The molecule has 0 heterocycles. The number of hydrogen-bond acceptors (Lipinski definition) is 0.